The number of nitrogens with one attached hydrogen (secondary N) is 2. The second-order valence-electron chi connectivity index (χ2n) is 4.56. The van der Waals surface area contributed by atoms with E-state index >= 15 is 0 Å². The van der Waals surface area contributed by atoms with Crippen molar-refractivity contribution >= 4 is 35.1 Å². The van der Waals surface area contributed by atoms with Crippen molar-refractivity contribution in [3.8, 4) is 0 Å². The van der Waals surface area contributed by atoms with E-state index < -0.39 is 0 Å². The highest BCUT2D eigenvalue weighted by atomic mass is 32.2. The van der Waals surface area contributed by atoms with Crippen LogP contribution in [0, 0.1) is 0 Å². The fourth-order valence-electron chi connectivity index (χ4n) is 2.22. The molecule has 1 heterocycles. The van der Waals surface area contributed by atoms with Crippen LogP contribution in [0.3, 0.4) is 0 Å². The maximum atomic E-state index is 12.2. The van der Waals surface area contributed by atoms with Gasteiger partial charge in [0, 0.05) is 10.6 Å². The summed E-state index contributed by atoms with van der Waals surface area (Å²) in [5.74, 6) is -0.323. The zero-order chi connectivity index (χ0) is 15.4. The Morgan fingerprint density at radius 1 is 1.38 bits per heavy atom. The van der Waals surface area contributed by atoms with E-state index in [-0.39, 0.29) is 12.0 Å². The van der Waals surface area contributed by atoms with Crippen molar-refractivity contribution in [2.75, 3.05) is 12.9 Å². The lowest BCUT2D eigenvalue weighted by Crippen LogP contribution is -2.45. The van der Waals surface area contributed by atoms with Gasteiger partial charge in [0.05, 0.1) is 18.2 Å². The first kappa shape index (κ1) is 15.9. The summed E-state index contributed by atoms with van der Waals surface area (Å²) in [5.41, 5.74) is 2.29. The first-order chi connectivity index (χ1) is 10.1. The monoisotopic (exact) mass is 322 g/mol. The molecule has 21 heavy (non-hydrogen) atoms. The molecule has 0 aromatic heterocycles. The highest BCUT2D eigenvalue weighted by molar-refractivity contribution is 7.98. The van der Waals surface area contributed by atoms with Crippen molar-refractivity contribution in [3.05, 3.63) is 41.1 Å². The van der Waals surface area contributed by atoms with Crippen molar-refractivity contribution in [1.29, 1.82) is 0 Å². The van der Waals surface area contributed by atoms with Gasteiger partial charge in [-0.25, -0.2) is 4.79 Å². The third-order valence-corrected chi connectivity index (χ3v) is 4.18. The number of esters is 1. The standard InChI is InChI=1S/C15H18N2O2S2/c1-4-19-14(18)12-9(2)16-15(20)17-13(12)10-5-7-11(21-3)8-6-10/h5-8,13H,4H2,1-3H3,(H2,16,17,20)/t13-/m0/s1. The molecule has 1 aromatic carbocycles. The van der Waals surface area contributed by atoms with Gasteiger partial charge in [0.1, 0.15) is 0 Å². The van der Waals surface area contributed by atoms with Gasteiger partial charge < -0.3 is 15.4 Å². The quantitative estimate of drug-likeness (QED) is 0.505. The van der Waals surface area contributed by atoms with E-state index in [1.165, 1.54) is 4.90 Å². The summed E-state index contributed by atoms with van der Waals surface area (Å²) in [6.45, 7) is 3.98. The first-order valence-electron chi connectivity index (χ1n) is 6.66. The number of allylic oxidation sites excluding steroid dienone is 1. The van der Waals surface area contributed by atoms with E-state index in [2.05, 4.69) is 10.6 Å². The molecule has 1 aliphatic rings. The maximum absolute atomic E-state index is 12.2. The Kier molecular flexibility index (Phi) is 5.25. The fourth-order valence-corrected chi connectivity index (χ4v) is 2.90. The van der Waals surface area contributed by atoms with E-state index in [0.29, 0.717) is 17.3 Å². The molecule has 2 rings (SSSR count). The smallest absolute Gasteiger partial charge is 0.338 e. The first-order valence-corrected chi connectivity index (χ1v) is 8.29. The molecule has 0 fully saturated rings. The van der Waals surface area contributed by atoms with Gasteiger partial charge in [0.25, 0.3) is 0 Å². The van der Waals surface area contributed by atoms with Gasteiger partial charge in [-0.2, -0.15) is 0 Å². The molecule has 0 spiro atoms. The van der Waals surface area contributed by atoms with Gasteiger partial charge >= 0.3 is 5.97 Å². The van der Waals surface area contributed by atoms with Gasteiger partial charge in [0.2, 0.25) is 0 Å². The number of hydrogen-bond donors (Lipinski definition) is 2. The van der Waals surface area contributed by atoms with Crippen molar-refractivity contribution < 1.29 is 9.53 Å². The Hall–Kier alpha value is -1.53. The molecule has 112 valence electrons. The number of rotatable bonds is 4. The molecule has 0 radical (unpaired) electrons. The molecule has 0 amide bonds. The lowest BCUT2D eigenvalue weighted by molar-refractivity contribution is -0.139. The number of thioether (sulfide) groups is 1. The minimum atomic E-state index is -0.323. The number of benzene rings is 1. The lowest BCUT2D eigenvalue weighted by atomic mass is 9.96. The van der Waals surface area contributed by atoms with Gasteiger partial charge in [-0.1, -0.05) is 12.1 Å². The Bertz CT molecular complexity index is 582. The van der Waals surface area contributed by atoms with Crippen LogP contribution < -0.4 is 10.6 Å². The number of hydrogen-bond acceptors (Lipinski definition) is 4. The molecule has 0 unspecified atom stereocenters. The zero-order valence-electron chi connectivity index (χ0n) is 12.2. The number of carbonyl (C=O) groups is 1. The minimum Gasteiger partial charge on any atom is -0.463 e. The molecular weight excluding hydrogens is 304 g/mol. The maximum Gasteiger partial charge on any atom is 0.338 e. The van der Waals surface area contributed by atoms with Crippen LogP contribution >= 0.6 is 24.0 Å². The van der Waals surface area contributed by atoms with E-state index in [9.17, 15) is 4.79 Å². The molecule has 0 saturated heterocycles. The van der Waals surface area contributed by atoms with Crippen molar-refractivity contribution in [1.82, 2.24) is 10.6 Å². The summed E-state index contributed by atoms with van der Waals surface area (Å²) in [6.07, 6.45) is 2.03. The summed E-state index contributed by atoms with van der Waals surface area (Å²) in [7, 11) is 0. The average Bonchev–Trinajstić information content (AvgIpc) is 2.46. The van der Waals surface area contributed by atoms with E-state index in [0.717, 1.165) is 11.3 Å². The fraction of sp³-hybridized carbons (Fsp3) is 0.333. The molecule has 2 N–H and O–H groups in total. The summed E-state index contributed by atoms with van der Waals surface area (Å²) in [5, 5.41) is 6.64. The predicted molar refractivity (Wildman–Crippen MR) is 89.2 cm³/mol. The molecule has 6 heteroatoms. The molecule has 4 nitrogen and oxygen atoms in total. The summed E-state index contributed by atoms with van der Waals surface area (Å²) >= 11 is 6.88. The Balaban J connectivity index is 2.39. The third kappa shape index (κ3) is 3.57. The minimum absolute atomic E-state index is 0.284. The van der Waals surface area contributed by atoms with Crippen LogP contribution in [0.15, 0.2) is 40.4 Å². The summed E-state index contributed by atoms with van der Waals surface area (Å²) in [6, 6.07) is 7.79. The SMILES string of the molecule is CCOC(=O)C1=C(C)NC(=S)N[C@H]1c1ccc(SC)cc1. The average molecular weight is 322 g/mol. The topological polar surface area (TPSA) is 50.4 Å². The van der Waals surface area contributed by atoms with Crippen molar-refractivity contribution in [2.24, 2.45) is 0 Å². The predicted octanol–water partition coefficient (Wildman–Crippen LogP) is 2.76. The highest BCUT2D eigenvalue weighted by Gasteiger charge is 2.30. The second kappa shape index (κ2) is 6.95. The molecule has 1 aliphatic heterocycles. The number of carbonyl (C=O) groups excluding carboxylic acids is 1. The number of ether oxygens (including phenoxy) is 1. The van der Waals surface area contributed by atoms with Crippen molar-refractivity contribution in [3.63, 3.8) is 0 Å². The molecular formula is C15H18N2O2S2. The van der Waals surface area contributed by atoms with Crippen LogP contribution in [0.5, 0.6) is 0 Å². The highest BCUT2D eigenvalue weighted by Crippen LogP contribution is 2.28. The molecule has 1 aromatic rings. The molecule has 0 bridgehead atoms. The van der Waals surface area contributed by atoms with E-state index in [4.69, 9.17) is 17.0 Å². The van der Waals surface area contributed by atoms with E-state index in [1.54, 1.807) is 18.7 Å². The normalized spacial score (nSPS) is 18.0. The second-order valence-corrected chi connectivity index (χ2v) is 5.85. The van der Waals surface area contributed by atoms with Gasteiger partial charge in [-0.05, 0) is 50.0 Å². The molecule has 0 saturated carbocycles. The van der Waals surface area contributed by atoms with Crippen molar-refractivity contribution in [2.45, 2.75) is 24.8 Å². The Morgan fingerprint density at radius 2 is 2.05 bits per heavy atom. The van der Waals surface area contributed by atoms with Crippen LogP contribution in [-0.4, -0.2) is 23.9 Å². The van der Waals surface area contributed by atoms with Crippen LogP contribution in [0.1, 0.15) is 25.5 Å². The van der Waals surface area contributed by atoms with Crippen LogP contribution in [0.4, 0.5) is 0 Å². The van der Waals surface area contributed by atoms with Gasteiger partial charge in [-0.3, -0.25) is 0 Å². The van der Waals surface area contributed by atoms with Gasteiger partial charge in [-0.15, -0.1) is 11.8 Å². The lowest BCUT2D eigenvalue weighted by Gasteiger charge is -2.29. The van der Waals surface area contributed by atoms with Crippen LogP contribution in [0.2, 0.25) is 0 Å². The zero-order valence-corrected chi connectivity index (χ0v) is 13.9. The summed E-state index contributed by atoms with van der Waals surface area (Å²) < 4.78 is 5.16. The summed E-state index contributed by atoms with van der Waals surface area (Å²) in [4.78, 5) is 13.4. The van der Waals surface area contributed by atoms with E-state index in [1.807, 2.05) is 37.4 Å². The van der Waals surface area contributed by atoms with Crippen LogP contribution in [0.25, 0.3) is 0 Å². The van der Waals surface area contributed by atoms with Gasteiger partial charge in [0.15, 0.2) is 5.11 Å². The largest absolute Gasteiger partial charge is 0.463 e. The molecule has 1 atom stereocenters. The Labute approximate surface area is 134 Å². The number of thiocarbonyl (C=S) groups is 1. The Morgan fingerprint density at radius 3 is 2.62 bits per heavy atom. The van der Waals surface area contributed by atoms with Crippen LogP contribution in [-0.2, 0) is 9.53 Å². The third-order valence-electron chi connectivity index (χ3n) is 3.21. The molecule has 0 aliphatic carbocycles.